The number of sulfonamides is 1. The summed E-state index contributed by atoms with van der Waals surface area (Å²) in [5.41, 5.74) is 6.15. The first-order valence-electron chi connectivity index (χ1n) is 19.3. The number of hydrogen-bond acceptors (Lipinski definition) is 11. The number of aromatic nitrogens is 3. The maximum atomic E-state index is 13.8. The van der Waals surface area contributed by atoms with Gasteiger partial charge in [-0.3, -0.25) is 24.7 Å². The fourth-order valence-corrected chi connectivity index (χ4v) is 9.31. The lowest BCUT2D eigenvalue weighted by atomic mass is 9.99. The molecular weight excluding hydrogens is 781 g/mol. The molecule has 7 aromatic rings. The molecule has 0 unspecified atom stereocenters. The highest BCUT2D eigenvalue weighted by Crippen LogP contribution is 2.33. The molecule has 59 heavy (non-hydrogen) atoms. The minimum atomic E-state index is -4.29. The van der Waals surface area contributed by atoms with E-state index in [9.17, 15) is 18.5 Å². The third-order valence-electron chi connectivity index (χ3n) is 10.3. The van der Waals surface area contributed by atoms with Crippen LogP contribution in [0.4, 0.5) is 22.9 Å². The summed E-state index contributed by atoms with van der Waals surface area (Å²) in [7, 11) is -4.29. The van der Waals surface area contributed by atoms with Crippen molar-refractivity contribution in [2.45, 2.75) is 28.8 Å². The van der Waals surface area contributed by atoms with Crippen LogP contribution < -0.4 is 14.9 Å². The quantitative estimate of drug-likeness (QED) is 0.0583. The Hall–Kier alpha value is -6.35. The SMILES string of the molecule is O=[N+]([O-])c1cc(S(=O)(=O)Nc2ncnc3cc(N4CCN(Cc5ccccc5-c5ccccc5)CC4)ccc23)ccc1N[C@H](CSc1ccccc1)Cc1cccnc1. The van der Waals surface area contributed by atoms with Gasteiger partial charge in [0.1, 0.15) is 12.0 Å². The molecular formula is C45H42N8O4S2. The molecule has 1 atom stereocenters. The lowest BCUT2D eigenvalue weighted by Crippen LogP contribution is -2.46. The van der Waals surface area contributed by atoms with Gasteiger partial charge in [-0.2, -0.15) is 0 Å². The van der Waals surface area contributed by atoms with E-state index in [2.05, 4.69) is 83.3 Å². The summed E-state index contributed by atoms with van der Waals surface area (Å²) in [6, 6.07) is 42.1. The van der Waals surface area contributed by atoms with E-state index >= 15 is 0 Å². The Labute approximate surface area is 347 Å². The fraction of sp³-hybridized carbons (Fsp3) is 0.178. The average molecular weight is 823 g/mol. The number of nitrogens with zero attached hydrogens (tertiary/aromatic N) is 6. The van der Waals surface area contributed by atoms with E-state index in [0.29, 0.717) is 23.1 Å². The van der Waals surface area contributed by atoms with Crippen molar-refractivity contribution in [2.24, 2.45) is 0 Å². The van der Waals surface area contributed by atoms with E-state index in [1.165, 1.54) is 35.2 Å². The molecule has 0 spiro atoms. The Morgan fingerprint density at radius 3 is 2.34 bits per heavy atom. The van der Waals surface area contributed by atoms with Crippen LogP contribution in [-0.4, -0.2) is 71.2 Å². The number of piperazine rings is 1. The highest BCUT2D eigenvalue weighted by molar-refractivity contribution is 7.99. The van der Waals surface area contributed by atoms with Crippen LogP contribution in [0.25, 0.3) is 22.0 Å². The van der Waals surface area contributed by atoms with E-state index in [-0.39, 0.29) is 28.1 Å². The van der Waals surface area contributed by atoms with Crippen molar-refractivity contribution in [1.82, 2.24) is 19.9 Å². The highest BCUT2D eigenvalue weighted by atomic mass is 32.2. The summed E-state index contributed by atoms with van der Waals surface area (Å²) in [4.78, 5) is 30.3. The Balaban J connectivity index is 0.952. The Kier molecular flexibility index (Phi) is 12.1. The fourth-order valence-electron chi connectivity index (χ4n) is 7.31. The number of nitrogens with one attached hydrogen (secondary N) is 2. The summed E-state index contributed by atoms with van der Waals surface area (Å²) in [6.07, 6.45) is 5.33. The molecule has 14 heteroatoms. The van der Waals surface area contributed by atoms with Gasteiger partial charge in [0.15, 0.2) is 5.82 Å². The second kappa shape index (κ2) is 18.1. The second-order valence-electron chi connectivity index (χ2n) is 14.3. The number of hydrogen-bond donors (Lipinski definition) is 2. The number of pyridine rings is 1. The smallest absolute Gasteiger partial charge is 0.293 e. The van der Waals surface area contributed by atoms with Crippen LogP contribution in [-0.2, 0) is 23.0 Å². The van der Waals surface area contributed by atoms with E-state index in [1.807, 2.05) is 66.7 Å². The Bertz CT molecular complexity index is 2650. The van der Waals surface area contributed by atoms with Gasteiger partial charge in [0.25, 0.3) is 15.7 Å². The third kappa shape index (κ3) is 9.69. The van der Waals surface area contributed by atoms with Crippen LogP contribution in [0.1, 0.15) is 11.1 Å². The van der Waals surface area contributed by atoms with Crippen molar-refractivity contribution < 1.29 is 13.3 Å². The van der Waals surface area contributed by atoms with E-state index in [1.54, 1.807) is 24.2 Å². The summed E-state index contributed by atoms with van der Waals surface area (Å²) in [6.45, 7) is 4.27. The third-order valence-corrected chi connectivity index (χ3v) is 12.8. The Morgan fingerprint density at radius 2 is 1.58 bits per heavy atom. The first kappa shape index (κ1) is 39.5. The molecule has 5 aromatic carbocycles. The lowest BCUT2D eigenvalue weighted by Gasteiger charge is -2.36. The molecule has 2 N–H and O–H groups in total. The van der Waals surface area contributed by atoms with Gasteiger partial charge < -0.3 is 10.2 Å². The number of fused-ring (bicyclic) bond motifs is 1. The maximum absolute atomic E-state index is 13.8. The molecule has 1 aliphatic heterocycles. The molecule has 2 aromatic heterocycles. The van der Waals surface area contributed by atoms with Gasteiger partial charge in [-0.05, 0) is 77.2 Å². The lowest BCUT2D eigenvalue weighted by molar-refractivity contribution is -0.384. The van der Waals surface area contributed by atoms with Crippen LogP contribution in [0.3, 0.4) is 0 Å². The first-order valence-corrected chi connectivity index (χ1v) is 21.8. The van der Waals surface area contributed by atoms with Crippen molar-refractivity contribution in [2.75, 3.05) is 46.9 Å². The van der Waals surface area contributed by atoms with Crippen molar-refractivity contribution in [3.05, 3.63) is 173 Å². The summed E-state index contributed by atoms with van der Waals surface area (Å²) in [5.74, 6) is 0.684. The minimum absolute atomic E-state index is 0.0859. The molecule has 1 fully saturated rings. The van der Waals surface area contributed by atoms with Gasteiger partial charge in [0.05, 0.1) is 15.3 Å². The number of nitro benzene ring substituents is 1. The van der Waals surface area contributed by atoms with Crippen LogP contribution in [0.2, 0.25) is 0 Å². The van der Waals surface area contributed by atoms with Gasteiger partial charge in [-0.15, -0.1) is 11.8 Å². The molecule has 0 aliphatic carbocycles. The molecule has 298 valence electrons. The predicted octanol–water partition coefficient (Wildman–Crippen LogP) is 8.54. The molecule has 0 bridgehead atoms. The highest BCUT2D eigenvalue weighted by Gasteiger charge is 2.25. The second-order valence-corrected chi connectivity index (χ2v) is 17.1. The number of thioether (sulfide) groups is 1. The first-order chi connectivity index (χ1) is 28.8. The standard InChI is InChI=1S/C45H42N8O4S2/c54-53(55)44-28-39(18-20-42(44)49-36(26-33-10-9-21-46-29-33)31-58-38-14-5-2-6-15-38)59(56,57)50-45-41-19-17-37(27-43(41)47-32-48-45)52-24-22-51(23-25-52)30-35-13-7-8-16-40(35)34-11-3-1-4-12-34/h1-21,27-29,32,36,49H,22-26,30-31H2,(H,47,48,50)/t36-/m0/s1. The molecule has 0 amide bonds. The summed E-state index contributed by atoms with van der Waals surface area (Å²) in [5, 5.41) is 16.2. The molecule has 3 heterocycles. The number of nitro groups is 1. The monoisotopic (exact) mass is 822 g/mol. The van der Waals surface area contributed by atoms with Gasteiger partial charge in [0.2, 0.25) is 0 Å². The van der Waals surface area contributed by atoms with Crippen LogP contribution >= 0.6 is 11.8 Å². The topological polar surface area (TPSA) is 146 Å². The zero-order valence-corrected chi connectivity index (χ0v) is 33.7. The Morgan fingerprint density at radius 1 is 0.814 bits per heavy atom. The predicted molar refractivity (Wildman–Crippen MR) is 235 cm³/mol. The number of benzene rings is 5. The van der Waals surface area contributed by atoms with Gasteiger partial charge in [0, 0.05) is 78.9 Å². The van der Waals surface area contributed by atoms with Gasteiger partial charge in [-0.1, -0.05) is 78.9 Å². The van der Waals surface area contributed by atoms with Gasteiger partial charge in [-0.25, -0.2) is 18.4 Å². The van der Waals surface area contributed by atoms with Crippen LogP contribution in [0, 0.1) is 10.1 Å². The molecule has 12 nitrogen and oxygen atoms in total. The molecule has 1 saturated heterocycles. The number of rotatable bonds is 15. The van der Waals surface area contributed by atoms with E-state index in [4.69, 9.17) is 0 Å². The molecule has 0 radical (unpaired) electrons. The molecule has 0 saturated carbocycles. The van der Waals surface area contributed by atoms with E-state index in [0.717, 1.165) is 54.9 Å². The zero-order valence-electron chi connectivity index (χ0n) is 32.1. The minimum Gasteiger partial charge on any atom is -0.376 e. The average Bonchev–Trinajstić information content (AvgIpc) is 3.27. The summed E-state index contributed by atoms with van der Waals surface area (Å²) >= 11 is 1.62. The van der Waals surface area contributed by atoms with E-state index < -0.39 is 14.9 Å². The molecule has 8 rings (SSSR count). The van der Waals surface area contributed by atoms with Crippen LogP contribution in [0.5, 0.6) is 0 Å². The maximum Gasteiger partial charge on any atom is 0.293 e. The van der Waals surface area contributed by atoms with Crippen molar-refractivity contribution in [1.29, 1.82) is 0 Å². The zero-order chi connectivity index (χ0) is 40.6. The van der Waals surface area contributed by atoms with Gasteiger partial charge >= 0.3 is 0 Å². The van der Waals surface area contributed by atoms with Crippen molar-refractivity contribution in [3.8, 4) is 11.1 Å². The van der Waals surface area contributed by atoms with Crippen molar-refractivity contribution in [3.63, 3.8) is 0 Å². The molecule has 1 aliphatic rings. The van der Waals surface area contributed by atoms with Crippen LogP contribution in [0.15, 0.2) is 162 Å². The summed E-state index contributed by atoms with van der Waals surface area (Å²) < 4.78 is 30.2. The largest absolute Gasteiger partial charge is 0.376 e. The number of anilines is 3. The normalized spacial score (nSPS) is 13.9. The van der Waals surface area contributed by atoms with Crippen molar-refractivity contribution >= 4 is 55.6 Å².